The van der Waals surface area contributed by atoms with Gasteiger partial charge in [0, 0.05) is 4.90 Å². The quantitative estimate of drug-likeness (QED) is 0.711. The standard InChI is InChI=1S/C12H6Cl2F2S/c13-7-3-1-4-8(14)11(7)17-12-9(15)5-2-6-10(12)16/h1-6H. The zero-order valence-electron chi connectivity index (χ0n) is 8.38. The van der Waals surface area contributed by atoms with Crippen molar-refractivity contribution in [1.29, 1.82) is 0 Å². The summed E-state index contributed by atoms with van der Waals surface area (Å²) in [4.78, 5) is 0.335. The van der Waals surface area contributed by atoms with E-state index >= 15 is 0 Å². The van der Waals surface area contributed by atoms with Crippen LogP contribution < -0.4 is 0 Å². The largest absolute Gasteiger partial charge is 0.206 e. The molecule has 0 aliphatic carbocycles. The van der Waals surface area contributed by atoms with E-state index in [0.717, 1.165) is 11.8 Å². The Balaban J connectivity index is 2.45. The van der Waals surface area contributed by atoms with Crippen LogP contribution in [-0.4, -0.2) is 0 Å². The lowest BCUT2D eigenvalue weighted by atomic mass is 10.3. The normalized spacial score (nSPS) is 10.6. The Hall–Kier alpha value is -0.770. The fourth-order valence-corrected chi connectivity index (χ4v) is 2.76. The fraction of sp³-hybridized carbons (Fsp3) is 0. The molecule has 0 amide bonds. The van der Waals surface area contributed by atoms with Crippen molar-refractivity contribution in [3.63, 3.8) is 0 Å². The van der Waals surface area contributed by atoms with Crippen LogP contribution in [0.2, 0.25) is 10.0 Å². The van der Waals surface area contributed by atoms with Crippen LogP contribution in [0, 0.1) is 11.6 Å². The Morgan fingerprint density at radius 2 is 1.24 bits per heavy atom. The molecule has 2 rings (SSSR count). The number of hydrogen-bond acceptors (Lipinski definition) is 1. The van der Waals surface area contributed by atoms with Crippen molar-refractivity contribution >= 4 is 35.0 Å². The molecule has 0 aromatic heterocycles. The molecule has 0 unspecified atom stereocenters. The molecule has 0 heterocycles. The highest BCUT2D eigenvalue weighted by molar-refractivity contribution is 7.99. The fourth-order valence-electron chi connectivity index (χ4n) is 1.26. The predicted molar refractivity (Wildman–Crippen MR) is 66.9 cm³/mol. The number of halogens is 4. The maximum absolute atomic E-state index is 13.5. The van der Waals surface area contributed by atoms with Gasteiger partial charge in [0.25, 0.3) is 0 Å². The first-order valence-corrected chi connectivity index (χ1v) is 6.22. The van der Waals surface area contributed by atoms with Crippen molar-refractivity contribution in [2.24, 2.45) is 0 Å². The van der Waals surface area contributed by atoms with Crippen molar-refractivity contribution < 1.29 is 8.78 Å². The highest BCUT2D eigenvalue weighted by atomic mass is 35.5. The number of rotatable bonds is 2. The summed E-state index contributed by atoms with van der Waals surface area (Å²) >= 11 is 12.7. The summed E-state index contributed by atoms with van der Waals surface area (Å²) in [5.74, 6) is -1.27. The van der Waals surface area contributed by atoms with Gasteiger partial charge in [0.2, 0.25) is 0 Å². The summed E-state index contributed by atoms with van der Waals surface area (Å²) in [7, 11) is 0. The van der Waals surface area contributed by atoms with Crippen LogP contribution in [0.4, 0.5) is 8.78 Å². The van der Waals surface area contributed by atoms with E-state index in [4.69, 9.17) is 23.2 Å². The molecule has 88 valence electrons. The van der Waals surface area contributed by atoms with E-state index in [9.17, 15) is 8.78 Å². The van der Waals surface area contributed by atoms with E-state index in [2.05, 4.69) is 0 Å². The van der Waals surface area contributed by atoms with Crippen molar-refractivity contribution in [1.82, 2.24) is 0 Å². The highest BCUT2D eigenvalue weighted by Gasteiger charge is 2.14. The highest BCUT2D eigenvalue weighted by Crippen LogP contribution is 2.40. The minimum absolute atomic E-state index is 0.109. The van der Waals surface area contributed by atoms with Gasteiger partial charge >= 0.3 is 0 Å². The third kappa shape index (κ3) is 2.73. The Labute approximate surface area is 112 Å². The third-order valence-corrected chi connectivity index (χ3v) is 4.13. The predicted octanol–water partition coefficient (Wildman–Crippen LogP) is 5.42. The van der Waals surface area contributed by atoms with Gasteiger partial charge in [0.05, 0.1) is 14.9 Å². The van der Waals surface area contributed by atoms with E-state index < -0.39 is 11.6 Å². The van der Waals surface area contributed by atoms with Gasteiger partial charge in [-0.25, -0.2) is 8.78 Å². The van der Waals surface area contributed by atoms with E-state index in [1.165, 1.54) is 18.2 Å². The summed E-state index contributed by atoms with van der Waals surface area (Å²) in [5, 5.41) is 0.732. The molecule has 0 N–H and O–H groups in total. The summed E-state index contributed by atoms with van der Waals surface area (Å²) < 4.78 is 26.9. The second-order valence-electron chi connectivity index (χ2n) is 3.20. The molecule has 2 aromatic rings. The van der Waals surface area contributed by atoms with Gasteiger partial charge in [0.1, 0.15) is 11.6 Å². The van der Waals surface area contributed by atoms with Gasteiger partial charge < -0.3 is 0 Å². The van der Waals surface area contributed by atoms with Crippen LogP contribution in [0.25, 0.3) is 0 Å². The molecule has 5 heteroatoms. The average Bonchev–Trinajstić information content (AvgIpc) is 2.27. The second-order valence-corrected chi connectivity index (χ2v) is 5.04. The average molecular weight is 291 g/mol. The molecule has 0 bridgehead atoms. The van der Waals surface area contributed by atoms with E-state index in [-0.39, 0.29) is 4.90 Å². The summed E-state index contributed by atoms with van der Waals surface area (Å²) in [6, 6.07) is 8.60. The summed E-state index contributed by atoms with van der Waals surface area (Å²) in [6.07, 6.45) is 0. The SMILES string of the molecule is Fc1cccc(F)c1Sc1c(Cl)cccc1Cl. The monoisotopic (exact) mass is 290 g/mol. The molecule has 0 aliphatic heterocycles. The van der Waals surface area contributed by atoms with Crippen molar-refractivity contribution in [3.8, 4) is 0 Å². The topological polar surface area (TPSA) is 0 Å². The van der Waals surface area contributed by atoms with Crippen LogP contribution in [0.5, 0.6) is 0 Å². The molecule has 0 spiro atoms. The van der Waals surface area contributed by atoms with E-state index in [1.54, 1.807) is 18.2 Å². The van der Waals surface area contributed by atoms with E-state index in [0.29, 0.717) is 14.9 Å². The Kier molecular flexibility index (Phi) is 3.92. The van der Waals surface area contributed by atoms with Gasteiger partial charge in [0.15, 0.2) is 0 Å². The van der Waals surface area contributed by atoms with Gasteiger partial charge in [-0.3, -0.25) is 0 Å². The molecule has 0 atom stereocenters. The molecular weight excluding hydrogens is 285 g/mol. The molecule has 0 radical (unpaired) electrons. The van der Waals surface area contributed by atoms with Gasteiger partial charge in [-0.2, -0.15) is 0 Å². The summed E-state index contributed by atoms with van der Waals surface area (Å²) in [5.41, 5.74) is 0. The van der Waals surface area contributed by atoms with Gasteiger partial charge in [-0.15, -0.1) is 0 Å². The first-order valence-electron chi connectivity index (χ1n) is 4.65. The van der Waals surface area contributed by atoms with E-state index in [1.807, 2.05) is 0 Å². The minimum Gasteiger partial charge on any atom is -0.206 e. The first-order chi connectivity index (χ1) is 8.09. The molecule has 2 aromatic carbocycles. The van der Waals surface area contributed by atoms with Crippen molar-refractivity contribution in [3.05, 3.63) is 58.1 Å². The lowest BCUT2D eigenvalue weighted by Gasteiger charge is -2.07. The van der Waals surface area contributed by atoms with Gasteiger partial charge in [-0.05, 0) is 24.3 Å². The molecule has 17 heavy (non-hydrogen) atoms. The smallest absolute Gasteiger partial charge is 0.140 e. The molecular formula is C12H6Cl2F2S. The second kappa shape index (κ2) is 5.25. The zero-order valence-corrected chi connectivity index (χ0v) is 10.7. The zero-order chi connectivity index (χ0) is 12.4. The van der Waals surface area contributed by atoms with Crippen LogP contribution in [-0.2, 0) is 0 Å². The lowest BCUT2D eigenvalue weighted by Crippen LogP contribution is -1.87. The Morgan fingerprint density at radius 1 is 0.765 bits per heavy atom. The molecule has 0 nitrogen and oxygen atoms in total. The molecule has 0 saturated heterocycles. The Morgan fingerprint density at radius 3 is 1.76 bits per heavy atom. The van der Waals surface area contributed by atoms with Crippen LogP contribution in [0.3, 0.4) is 0 Å². The number of benzene rings is 2. The van der Waals surface area contributed by atoms with Crippen LogP contribution >= 0.6 is 35.0 Å². The Bertz CT molecular complexity index is 468. The van der Waals surface area contributed by atoms with Crippen LogP contribution in [0.1, 0.15) is 0 Å². The maximum atomic E-state index is 13.5. The molecule has 0 aliphatic rings. The molecule has 0 fully saturated rings. The minimum atomic E-state index is -0.633. The summed E-state index contributed by atoms with van der Waals surface area (Å²) in [6.45, 7) is 0. The first kappa shape index (κ1) is 12.7. The third-order valence-electron chi connectivity index (χ3n) is 2.04. The van der Waals surface area contributed by atoms with Gasteiger partial charge in [-0.1, -0.05) is 47.1 Å². The van der Waals surface area contributed by atoms with Crippen molar-refractivity contribution in [2.75, 3.05) is 0 Å². The van der Waals surface area contributed by atoms with Crippen LogP contribution in [0.15, 0.2) is 46.2 Å². The molecule has 0 saturated carbocycles. The number of hydrogen-bond donors (Lipinski definition) is 0. The maximum Gasteiger partial charge on any atom is 0.140 e. The van der Waals surface area contributed by atoms with Crippen molar-refractivity contribution in [2.45, 2.75) is 9.79 Å². The lowest BCUT2D eigenvalue weighted by molar-refractivity contribution is 0.540.